The second-order valence-electron chi connectivity index (χ2n) is 4.49. The lowest BCUT2D eigenvalue weighted by Gasteiger charge is -2.22. The monoisotopic (exact) mass is 361 g/mol. The molecular weight excluding hydrogens is 345 g/mol. The highest BCUT2D eigenvalue weighted by atomic mass is 127. The van der Waals surface area contributed by atoms with E-state index in [2.05, 4.69) is 27.9 Å². The number of carbonyl (C=O) groups excluding carboxylic acids is 2. The Labute approximate surface area is 120 Å². The molecule has 1 aromatic rings. The van der Waals surface area contributed by atoms with Gasteiger partial charge >= 0.3 is 5.97 Å². The molecule has 1 aromatic carbocycles. The zero-order valence-electron chi connectivity index (χ0n) is 10.8. The molecule has 18 heavy (non-hydrogen) atoms. The van der Waals surface area contributed by atoms with Gasteiger partial charge in [-0.2, -0.15) is 0 Å². The molecule has 1 N–H and O–H groups in total. The van der Waals surface area contributed by atoms with Gasteiger partial charge in [-0.1, -0.05) is 6.07 Å². The molecule has 98 valence electrons. The summed E-state index contributed by atoms with van der Waals surface area (Å²) in [6.45, 7) is 5.08. The fourth-order valence-corrected chi connectivity index (χ4v) is 2.22. The zero-order chi connectivity index (χ0) is 13.9. The Morgan fingerprint density at radius 3 is 2.39 bits per heavy atom. The van der Waals surface area contributed by atoms with Crippen molar-refractivity contribution in [3.8, 4) is 0 Å². The summed E-state index contributed by atoms with van der Waals surface area (Å²) in [7, 11) is 1.38. The molecule has 0 aromatic heterocycles. The standard InChI is InChI=1S/C13H16INO3/c1-8(16)15-11-6-5-9(7-10(11)14)13(2,3)12(17)18-4/h5-7H,1-4H3,(H,15,16). The second kappa shape index (κ2) is 5.69. The van der Waals surface area contributed by atoms with Crippen molar-refractivity contribution in [2.75, 3.05) is 12.4 Å². The fourth-order valence-electron chi connectivity index (χ4n) is 1.57. The summed E-state index contributed by atoms with van der Waals surface area (Å²) in [4.78, 5) is 22.7. The van der Waals surface area contributed by atoms with E-state index in [4.69, 9.17) is 4.74 Å². The first-order valence-corrected chi connectivity index (χ1v) is 6.53. The number of benzene rings is 1. The number of anilines is 1. The molecule has 0 unspecified atom stereocenters. The van der Waals surface area contributed by atoms with E-state index in [0.29, 0.717) is 0 Å². The van der Waals surface area contributed by atoms with Crippen LogP contribution in [0.15, 0.2) is 18.2 Å². The van der Waals surface area contributed by atoms with Crippen LogP contribution < -0.4 is 5.32 Å². The van der Waals surface area contributed by atoms with Gasteiger partial charge in [0.2, 0.25) is 5.91 Å². The van der Waals surface area contributed by atoms with Crippen molar-refractivity contribution in [2.45, 2.75) is 26.2 Å². The molecule has 0 aliphatic heterocycles. The third kappa shape index (κ3) is 3.22. The topological polar surface area (TPSA) is 55.4 Å². The van der Waals surface area contributed by atoms with Gasteiger partial charge in [0.05, 0.1) is 18.2 Å². The van der Waals surface area contributed by atoms with Crippen LogP contribution in [0.1, 0.15) is 26.3 Å². The number of hydrogen-bond donors (Lipinski definition) is 1. The van der Waals surface area contributed by atoms with Crippen LogP contribution in [0.5, 0.6) is 0 Å². The molecule has 0 atom stereocenters. The summed E-state index contributed by atoms with van der Waals surface area (Å²) in [5, 5.41) is 2.73. The molecule has 1 amide bonds. The molecule has 4 nitrogen and oxygen atoms in total. The minimum Gasteiger partial charge on any atom is -0.468 e. The number of hydrogen-bond acceptors (Lipinski definition) is 3. The third-order valence-electron chi connectivity index (χ3n) is 2.70. The van der Waals surface area contributed by atoms with Crippen molar-refractivity contribution in [3.05, 3.63) is 27.3 Å². The first-order valence-electron chi connectivity index (χ1n) is 5.45. The zero-order valence-corrected chi connectivity index (χ0v) is 13.0. The van der Waals surface area contributed by atoms with E-state index in [0.717, 1.165) is 14.8 Å². The minimum absolute atomic E-state index is 0.118. The summed E-state index contributed by atoms with van der Waals surface area (Å²) >= 11 is 2.13. The maximum Gasteiger partial charge on any atom is 0.315 e. The van der Waals surface area contributed by atoms with E-state index >= 15 is 0 Å². The summed E-state index contributed by atoms with van der Waals surface area (Å²) < 4.78 is 5.68. The summed E-state index contributed by atoms with van der Waals surface area (Å²) in [5.41, 5.74) is 0.893. The Morgan fingerprint density at radius 1 is 1.33 bits per heavy atom. The average molecular weight is 361 g/mol. The molecule has 0 aliphatic rings. The molecule has 0 heterocycles. The van der Waals surface area contributed by atoms with E-state index in [1.165, 1.54) is 14.0 Å². The fraction of sp³-hybridized carbons (Fsp3) is 0.385. The van der Waals surface area contributed by atoms with Gasteiger partial charge in [0.25, 0.3) is 0 Å². The lowest BCUT2D eigenvalue weighted by molar-refractivity contribution is -0.146. The second-order valence-corrected chi connectivity index (χ2v) is 5.65. The molecule has 0 saturated carbocycles. The number of halogens is 1. The highest BCUT2D eigenvalue weighted by Gasteiger charge is 2.31. The number of rotatable bonds is 3. The average Bonchev–Trinajstić information content (AvgIpc) is 2.29. The number of carbonyl (C=O) groups is 2. The number of esters is 1. The molecule has 0 bridgehead atoms. The van der Waals surface area contributed by atoms with Crippen LogP contribution in [0.25, 0.3) is 0 Å². The van der Waals surface area contributed by atoms with Crippen molar-refractivity contribution in [1.82, 2.24) is 0 Å². The number of methoxy groups -OCH3 is 1. The van der Waals surface area contributed by atoms with Gasteiger partial charge in [0, 0.05) is 10.5 Å². The highest BCUT2D eigenvalue weighted by molar-refractivity contribution is 14.1. The number of ether oxygens (including phenoxy) is 1. The van der Waals surface area contributed by atoms with Crippen LogP contribution in [0.2, 0.25) is 0 Å². The van der Waals surface area contributed by atoms with Gasteiger partial charge < -0.3 is 10.1 Å². The smallest absolute Gasteiger partial charge is 0.315 e. The lowest BCUT2D eigenvalue weighted by Crippen LogP contribution is -2.30. The molecule has 0 saturated heterocycles. The van der Waals surface area contributed by atoms with E-state index in [1.807, 2.05) is 26.0 Å². The minimum atomic E-state index is -0.705. The quantitative estimate of drug-likeness (QED) is 0.665. The number of nitrogens with one attached hydrogen (secondary N) is 1. The van der Waals surface area contributed by atoms with E-state index in [1.54, 1.807) is 6.07 Å². The first kappa shape index (κ1) is 14.9. The van der Waals surface area contributed by atoms with Gasteiger partial charge in [0.1, 0.15) is 0 Å². The maximum absolute atomic E-state index is 11.7. The van der Waals surface area contributed by atoms with Crippen LogP contribution in [-0.4, -0.2) is 19.0 Å². The maximum atomic E-state index is 11.7. The van der Waals surface area contributed by atoms with Gasteiger partial charge in [-0.3, -0.25) is 9.59 Å². The molecule has 0 radical (unpaired) electrons. The van der Waals surface area contributed by atoms with Gasteiger partial charge in [0.15, 0.2) is 0 Å². The largest absolute Gasteiger partial charge is 0.468 e. The molecule has 0 spiro atoms. The summed E-state index contributed by atoms with van der Waals surface area (Å²) in [5.74, 6) is -0.404. The normalized spacial score (nSPS) is 10.9. The first-order chi connectivity index (χ1) is 8.28. The van der Waals surface area contributed by atoms with E-state index < -0.39 is 5.41 Å². The van der Waals surface area contributed by atoms with Crippen LogP contribution >= 0.6 is 22.6 Å². The molecule has 5 heteroatoms. The molecular formula is C13H16INO3. The van der Waals surface area contributed by atoms with E-state index in [9.17, 15) is 9.59 Å². The predicted octanol–water partition coefficient (Wildman–Crippen LogP) is 2.70. The SMILES string of the molecule is COC(=O)C(C)(C)c1ccc(NC(C)=O)c(I)c1. The van der Waals surface area contributed by atoms with Crippen molar-refractivity contribution < 1.29 is 14.3 Å². The molecule has 0 fully saturated rings. The Balaban J connectivity index is 3.11. The molecule has 0 aliphatic carbocycles. The van der Waals surface area contributed by atoms with Gasteiger partial charge in [-0.05, 0) is 54.1 Å². The Bertz CT molecular complexity index is 483. The van der Waals surface area contributed by atoms with Crippen molar-refractivity contribution in [1.29, 1.82) is 0 Å². The Kier molecular flexibility index (Phi) is 4.72. The van der Waals surface area contributed by atoms with Crippen LogP contribution in [0, 0.1) is 3.57 Å². The lowest BCUT2D eigenvalue weighted by atomic mass is 9.85. The van der Waals surface area contributed by atoms with E-state index in [-0.39, 0.29) is 11.9 Å². The van der Waals surface area contributed by atoms with Crippen LogP contribution in [-0.2, 0) is 19.7 Å². The van der Waals surface area contributed by atoms with Crippen molar-refractivity contribution >= 4 is 40.2 Å². The predicted molar refractivity (Wildman–Crippen MR) is 78.5 cm³/mol. The van der Waals surface area contributed by atoms with Crippen molar-refractivity contribution in [3.63, 3.8) is 0 Å². The summed E-state index contributed by atoms with van der Waals surface area (Å²) in [6.07, 6.45) is 0. The number of amides is 1. The Hall–Kier alpha value is -1.11. The Morgan fingerprint density at radius 2 is 1.94 bits per heavy atom. The van der Waals surface area contributed by atoms with Crippen molar-refractivity contribution in [2.24, 2.45) is 0 Å². The van der Waals surface area contributed by atoms with Gasteiger partial charge in [-0.25, -0.2) is 0 Å². The summed E-state index contributed by atoms with van der Waals surface area (Å²) in [6, 6.07) is 5.50. The molecule has 1 rings (SSSR count). The third-order valence-corrected chi connectivity index (χ3v) is 3.59. The highest BCUT2D eigenvalue weighted by Crippen LogP contribution is 2.29. The van der Waals surface area contributed by atoms with Gasteiger partial charge in [-0.15, -0.1) is 0 Å². The van der Waals surface area contributed by atoms with Crippen LogP contribution in [0.3, 0.4) is 0 Å². The van der Waals surface area contributed by atoms with Crippen LogP contribution in [0.4, 0.5) is 5.69 Å².